The number of nitrogens with zero attached hydrogens (tertiary/aromatic N) is 1. The zero-order chi connectivity index (χ0) is 14.8. The summed E-state index contributed by atoms with van der Waals surface area (Å²) in [7, 11) is 0. The molecular formula is C13H10F3NO3. The molecule has 2 aromatic rings. The summed E-state index contributed by atoms with van der Waals surface area (Å²) in [6.45, 7) is -0.992. The van der Waals surface area contributed by atoms with Gasteiger partial charge >= 0.3 is 12.1 Å². The molecule has 1 aromatic carbocycles. The molecule has 0 aliphatic heterocycles. The zero-order valence-electron chi connectivity index (χ0n) is 10.1. The second kappa shape index (κ2) is 5.36. The van der Waals surface area contributed by atoms with Crippen molar-refractivity contribution in [3.8, 4) is 5.75 Å². The number of alkyl halides is 3. The van der Waals surface area contributed by atoms with Crippen molar-refractivity contribution < 1.29 is 27.8 Å². The number of fused-ring (bicyclic) bond motifs is 1. The molecule has 0 bridgehead atoms. The molecule has 1 unspecified atom stereocenters. The predicted molar refractivity (Wildman–Crippen MR) is 64.4 cm³/mol. The van der Waals surface area contributed by atoms with Crippen LogP contribution in [0.1, 0.15) is 0 Å². The van der Waals surface area contributed by atoms with E-state index in [4.69, 9.17) is 9.84 Å². The molecule has 0 fully saturated rings. The monoisotopic (exact) mass is 285 g/mol. The Morgan fingerprint density at radius 3 is 2.65 bits per heavy atom. The molecule has 20 heavy (non-hydrogen) atoms. The van der Waals surface area contributed by atoms with E-state index in [1.165, 1.54) is 12.3 Å². The maximum Gasteiger partial charge on any atom is 0.405 e. The first-order valence-corrected chi connectivity index (χ1v) is 5.65. The highest BCUT2D eigenvalue weighted by Gasteiger charge is 2.45. The second-order valence-electron chi connectivity index (χ2n) is 4.07. The summed E-state index contributed by atoms with van der Waals surface area (Å²) in [4.78, 5) is 14.6. The van der Waals surface area contributed by atoms with Crippen LogP contribution in [0.5, 0.6) is 5.75 Å². The Morgan fingerprint density at radius 2 is 2.00 bits per heavy atom. The van der Waals surface area contributed by atoms with Crippen LogP contribution in [0.25, 0.3) is 10.9 Å². The van der Waals surface area contributed by atoms with Crippen molar-refractivity contribution in [2.75, 3.05) is 6.61 Å². The van der Waals surface area contributed by atoms with E-state index in [0.29, 0.717) is 10.9 Å². The van der Waals surface area contributed by atoms with E-state index in [2.05, 4.69) is 4.98 Å². The number of hydrogen-bond donors (Lipinski definition) is 1. The smallest absolute Gasteiger partial charge is 0.405 e. The Bertz CT molecular complexity index is 622. The lowest BCUT2D eigenvalue weighted by atomic mass is 10.1. The minimum absolute atomic E-state index is 0.124. The maximum absolute atomic E-state index is 12.5. The highest BCUT2D eigenvalue weighted by Crippen LogP contribution is 2.29. The van der Waals surface area contributed by atoms with Gasteiger partial charge < -0.3 is 9.84 Å². The molecule has 0 saturated carbocycles. The summed E-state index contributed by atoms with van der Waals surface area (Å²) < 4.78 is 42.5. The molecule has 1 atom stereocenters. The predicted octanol–water partition coefficient (Wildman–Crippen LogP) is 2.88. The van der Waals surface area contributed by atoms with E-state index in [1.54, 1.807) is 24.3 Å². The zero-order valence-corrected chi connectivity index (χ0v) is 10.1. The molecule has 1 aromatic heterocycles. The SMILES string of the molecule is O=C(O)C(COc1cccc2cccnc12)C(F)(F)F. The minimum Gasteiger partial charge on any atom is -0.490 e. The molecule has 0 saturated heterocycles. The van der Waals surface area contributed by atoms with Gasteiger partial charge in [-0.05, 0) is 12.1 Å². The van der Waals surface area contributed by atoms with E-state index < -0.39 is 24.7 Å². The van der Waals surface area contributed by atoms with Crippen molar-refractivity contribution in [3.05, 3.63) is 36.5 Å². The third-order valence-corrected chi connectivity index (χ3v) is 2.69. The lowest BCUT2D eigenvalue weighted by Crippen LogP contribution is -2.35. The quantitative estimate of drug-likeness (QED) is 0.938. The number of carbonyl (C=O) groups is 1. The van der Waals surface area contributed by atoms with E-state index in [1.807, 2.05) is 0 Å². The fraction of sp³-hybridized carbons (Fsp3) is 0.231. The number of hydrogen-bond acceptors (Lipinski definition) is 3. The Hall–Kier alpha value is -2.31. The Balaban J connectivity index is 2.22. The third-order valence-electron chi connectivity index (χ3n) is 2.69. The van der Waals surface area contributed by atoms with Crippen molar-refractivity contribution in [1.29, 1.82) is 0 Å². The maximum atomic E-state index is 12.5. The van der Waals surface area contributed by atoms with Gasteiger partial charge in [-0.15, -0.1) is 0 Å². The summed E-state index contributed by atoms with van der Waals surface area (Å²) in [5.74, 6) is -4.41. The number of aromatic nitrogens is 1. The first-order chi connectivity index (χ1) is 9.39. The van der Waals surface area contributed by atoms with Gasteiger partial charge in [0.15, 0.2) is 5.92 Å². The standard InChI is InChI=1S/C13H10F3NO3/c14-13(15,16)9(12(18)19)7-20-10-5-1-3-8-4-2-6-17-11(8)10/h1-6,9H,7H2,(H,18,19). The van der Waals surface area contributed by atoms with E-state index in [-0.39, 0.29) is 5.75 Å². The summed E-state index contributed by atoms with van der Waals surface area (Å²) in [6, 6.07) is 8.19. The van der Waals surface area contributed by atoms with Crippen molar-refractivity contribution in [3.63, 3.8) is 0 Å². The van der Waals surface area contributed by atoms with Crippen LogP contribution in [0.15, 0.2) is 36.5 Å². The average molecular weight is 285 g/mol. The first-order valence-electron chi connectivity index (χ1n) is 5.65. The fourth-order valence-corrected chi connectivity index (χ4v) is 1.67. The molecule has 7 heteroatoms. The normalized spacial score (nSPS) is 13.2. The van der Waals surface area contributed by atoms with Crippen LogP contribution in [0.3, 0.4) is 0 Å². The number of pyridine rings is 1. The van der Waals surface area contributed by atoms with Gasteiger partial charge in [-0.2, -0.15) is 13.2 Å². The Labute approximate surface area is 111 Å². The lowest BCUT2D eigenvalue weighted by molar-refractivity contribution is -0.198. The molecule has 0 amide bonds. The molecule has 0 aliphatic rings. The Morgan fingerprint density at radius 1 is 1.30 bits per heavy atom. The van der Waals surface area contributed by atoms with Gasteiger partial charge in [0.1, 0.15) is 17.9 Å². The summed E-state index contributed by atoms with van der Waals surface area (Å²) >= 11 is 0. The topological polar surface area (TPSA) is 59.4 Å². The molecule has 1 heterocycles. The molecule has 0 radical (unpaired) electrons. The lowest BCUT2D eigenvalue weighted by Gasteiger charge is -2.17. The van der Waals surface area contributed by atoms with Gasteiger partial charge in [0.25, 0.3) is 0 Å². The van der Waals surface area contributed by atoms with Crippen LogP contribution in [0, 0.1) is 5.92 Å². The molecule has 2 rings (SSSR count). The molecular weight excluding hydrogens is 275 g/mol. The van der Waals surface area contributed by atoms with Gasteiger partial charge in [0, 0.05) is 11.6 Å². The van der Waals surface area contributed by atoms with Gasteiger partial charge in [0.2, 0.25) is 0 Å². The number of aliphatic carboxylic acids is 1. The van der Waals surface area contributed by atoms with Crippen LogP contribution in [-0.2, 0) is 4.79 Å². The summed E-state index contributed by atoms with van der Waals surface area (Å²) in [6.07, 6.45) is -3.38. The van der Waals surface area contributed by atoms with Crippen molar-refractivity contribution in [2.24, 2.45) is 5.92 Å². The average Bonchev–Trinajstić information content (AvgIpc) is 2.37. The van der Waals surface area contributed by atoms with Gasteiger partial charge in [-0.25, -0.2) is 0 Å². The van der Waals surface area contributed by atoms with Crippen molar-refractivity contribution >= 4 is 16.9 Å². The number of carboxylic acid groups (broad SMARTS) is 1. The van der Waals surface area contributed by atoms with Crippen molar-refractivity contribution in [1.82, 2.24) is 4.98 Å². The molecule has 0 spiro atoms. The first kappa shape index (κ1) is 14.1. The van der Waals surface area contributed by atoms with Crippen molar-refractivity contribution in [2.45, 2.75) is 6.18 Å². The van der Waals surface area contributed by atoms with Gasteiger partial charge in [0.05, 0.1) is 0 Å². The van der Waals surface area contributed by atoms with Gasteiger partial charge in [-0.1, -0.05) is 18.2 Å². The second-order valence-corrected chi connectivity index (χ2v) is 4.07. The molecule has 1 N–H and O–H groups in total. The number of halogens is 3. The Kier molecular flexibility index (Phi) is 3.78. The molecule has 4 nitrogen and oxygen atoms in total. The number of benzene rings is 1. The van der Waals surface area contributed by atoms with Crippen LogP contribution in [0.2, 0.25) is 0 Å². The van der Waals surface area contributed by atoms with E-state index in [0.717, 1.165) is 0 Å². The third kappa shape index (κ3) is 2.98. The molecule has 0 aliphatic carbocycles. The van der Waals surface area contributed by atoms with Crippen LogP contribution >= 0.6 is 0 Å². The summed E-state index contributed by atoms with van der Waals surface area (Å²) in [5.41, 5.74) is 0.390. The highest BCUT2D eigenvalue weighted by molar-refractivity contribution is 5.84. The van der Waals surface area contributed by atoms with Crippen LogP contribution in [-0.4, -0.2) is 28.8 Å². The number of carboxylic acids is 1. The van der Waals surface area contributed by atoms with E-state index >= 15 is 0 Å². The number of ether oxygens (including phenoxy) is 1. The number of para-hydroxylation sites is 1. The van der Waals surface area contributed by atoms with E-state index in [9.17, 15) is 18.0 Å². The van der Waals surface area contributed by atoms with Gasteiger partial charge in [-0.3, -0.25) is 9.78 Å². The van der Waals surface area contributed by atoms with Crippen LogP contribution < -0.4 is 4.74 Å². The fourth-order valence-electron chi connectivity index (χ4n) is 1.67. The molecule has 106 valence electrons. The minimum atomic E-state index is -4.86. The summed E-state index contributed by atoms with van der Waals surface area (Å²) in [5, 5.41) is 9.28. The highest BCUT2D eigenvalue weighted by atomic mass is 19.4. The number of rotatable bonds is 4. The largest absolute Gasteiger partial charge is 0.490 e. The van der Waals surface area contributed by atoms with Crippen LogP contribution in [0.4, 0.5) is 13.2 Å².